The van der Waals surface area contributed by atoms with Crippen molar-refractivity contribution in [3.8, 4) is 0 Å². The predicted molar refractivity (Wildman–Crippen MR) is 48.5 cm³/mol. The molecule has 0 spiro atoms. The smallest absolute Gasteiger partial charge is 0.152 e. The van der Waals surface area contributed by atoms with Crippen molar-refractivity contribution < 1.29 is 4.79 Å². The Hall–Kier alpha value is -0.850. The highest BCUT2D eigenvalue weighted by Gasteiger charge is 1.83. The van der Waals surface area contributed by atoms with E-state index < -0.39 is 0 Å². The molecule has 0 bridgehead atoms. The number of allylic oxidation sites excluding steroid dienone is 3. The van der Waals surface area contributed by atoms with Gasteiger partial charge in [-0.05, 0) is 38.7 Å². The Labute approximate surface area is 68.8 Å². The molecule has 0 saturated carbocycles. The normalized spacial score (nSPS) is 10.3. The van der Waals surface area contributed by atoms with Crippen molar-refractivity contribution in [2.45, 2.75) is 32.6 Å². The number of hydrogen-bond acceptors (Lipinski definition) is 1. The molecular formula is C10H16O. The van der Waals surface area contributed by atoms with Crippen LogP contribution in [-0.4, -0.2) is 5.78 Å². The van der Waals surface area contributed by atoms with Crippen LogP contribution in [-0.2, 0) is 4.79 Å². The van der Waals surface area contributed by atoms with Crippen LogP contribution in [0.1, 0.15) is 32.6 Å². The first-order valence-corrected chi connectivity index (χ1v) is 4.05. The van der Waals surface area contributed by atoms with Crippen molar-refractivity contribution in [3.05, 3.63) is 24.8 Å². The average Bonchev–Trinajstić information content (AvgIpc) is 1.96. The van der Waals surface area contributed by atoms with Gasteiger partial charge in [0.1, 0.15) is 0 Å². The van der Waals surface area contributed by atoms with Crippen LogP contribution in [0.2, 0.25) is 0 Å². The minimum Gasteiger partial charge on any atom is -0.295 e. The molecular weight excluding hydrogens is 136 g/mol. The maximum atomic E-state index is 10.4. The lowest BCUT2D eigenvalue weighted by atomic mass is 10.2. The van der Waals surface area contributed by atoms with Crippen LogP contribution < -0.4 is 0 Å². The van der Waals surface area contributed by atoms with Crippen LogP contribution in [0.5, 0.6) is 0 Å². The lowest BCUT2D eigenvalue weighted by Gasteiger charge is -1.90. The summed E-state index contributed by atoms with van der Waals surface area (Å²) < 4.78 is 0. The zero-order valence-corrected chi connectivity index (χ0v) is 7.18. The van der Waals surface area contributed by atoms with E-state index >= 15 is 0 Å². The minimum absolute atomic E-state index is 0.133. The first-order chi connectivity index (χ1) is 5.27. The van der Waals surface area contributed by atoms with Gasteiger partial charge in [0.2, 0.25) is 0 Å². The van der Waals surface area contributed by atoms with Crippen molar-refractivity contribution in [2.24, 2.45) is 0 Å². The lowest BCUT2D eigenvalue weighted by Crippen LogP contribution is -1.79. The zero-order valence-electron chi connectivity index (χ0n) is 7.18. The van der Waals surface area contributed by atoms with Crippen molar-refractivity contribution in [1.82, 2.24) is 0 Å². The molecule has 0 aliphatic carbocycles. The summed E-state index contributed by atoms with van der Waals surface area (Å²) >= 11 is 0. The maximum absolute atomic E-state index is 10.4. The van der Waals surface area contributed by atoms with Crippen LogP contribution in [0.3, 0.4) is 0 Å². The number of hydrogen-bond donors (Lipinski definition) is 0. The molecule has 0 rings (SSSR count). The topological polar surface area (TPSA) is 17.1 Å². The van der Waals surface area contributed by atoms with E-state index in [0.29, 0.717) is 0 Å². The van der Waals surface area contributed by atoms with Gasteiger partial charge in [-0.2, -0.15) is 0 Å². The monoisotopic (exact) mass is 152 g/mol. The summed E-state index contributed by atoms with van der Waals surface area (Å²) in [7, 11) is 0. The molecule has 0 heterocycles. The molecule has 0 aliphatic rings. The van der Waals surface area contributed by atoms with E-state index in [1.54, 1.807) is 13.0 Å². The van der Waals surface area contributed by atoms with E-state index in [1.807, 2.05) is 12.2 Å². The van der Waals surface area contributed by atoms with Crippen molar-refractivity contribution >= 4 is 5.78 Å². The molecule has 0 radical (unpaired) electrons. The summed E-state index contributed by atoms with van der Waals surface area (Å²) in [4.78, 5) is 10.4. The largest absolute Gasteiger partial charge is 0.295 e. The molecule has 1 nitrogen and oxygen atoms in total. The van der Waals surface area contributed by atoms with E-state index in [1.165, 1.54) is 6.42 Å². The number of carbonyl (C=O) groups excluding carboxylic acids is 1. The van der Waals surface area contributed by atoms with Crippen molar-refractivity contribution in [3.63, 3.8) is 0 Å². The third-order valence-electron chi connectivity index (χ3n) is 1.38. The Bertz CT molecular complexity index is 145. The lowest BCUT2D eigenvalue weighted by molar-refractivity contribution is -0.112. The van der Waals surface area contributed by atoms with Crippen LogP contribution in [0.25, 0.3) is 0 Å². The zero-order chi connectivity index (χ0) is 8.53. The fourth-order valence-corrected chi connectivity index (χ4v) is 0.800. The number of unbranched alkanes of at least 4 members (excludes halogenated alkanes) is 3. The Morgan fingerprint density at radius 1 is 1.36 bits per heavy atom. The van der Waals surface area contributed by atoms with Gasteiger partial charge in [0.15, 0.2) is 5.78 Å². The Balaban J connectivity index is 3.13. The van der Waals surface area contributed by atoms with E-state index in [4.69, 9.17) is 0 Å². The van der Waals surface area contributed by atoms with Crippen LogP contribution in [0, 0.1) is 0 Å². The SMILES string of the molecule is C=CCCCC/C=C/C(C)=O. The van der Waals surface area contributed by atoms with Gasteiger partial charge < -0.3 is 0 Å². The quantitative estimate of drug-likeness (QED) is 0.325. The fraction of sp³-hybridized carbons (Fsp3) is 0.500. The summed E-state index contributed by atoms with van der Waals surface area (Å²) in [6.07, 6.45) is 9.90. The summed E-state index contributed by atoms with van der Waals surface area (Å²) in [5.41, 5.74) is 0. The number of ketones is 1. The van der Waals surface area contributed by atoms with Crippen molar-refractivity contribution in [1.29, 1.82) is 0 Å². The van der Waals surface area contributed by atoms with Crippen LogP contribution >= 0.6 is 0 Å². The molecule has 62 valence electrons. The van der Waals surface area contributed by atoms with Crippen LogP contribution in [0.4, 0.5) is 0 Å². The van der Waals surface area contributed by atoms with E-state index in [2.05, 4.69) is 6.58 Å². The number of rotatable bonds is 6. The molecule has 0 aromatic carbocycles. The van der Waals surface area contributed by atoms with Gasteiger partial charge in [0.25, 0.3) is 0 Å². The summed E-state index contributed by atoms with van der Waals surface area (Å²) in [5.74, 6) is 0.133. The first kappa shape index (κ1) is 10.2. The summed E-state index contributed by atoms with van der Waals surface area (Å²) in [5, 5.41) is 0. The molecule has 0 atom stereocenters. The molecule has 0 fully saturated rings. The van der Waals surface area contributed by atoms with E-state index in [0.717, 1.165) is 19.3 Å². The highest BCUT2D eigenvalue weighted by molar-refractivity contribution is 5.87. The second-order valence-electron chi connectivity index (χ2n) is 2.59. The van der Waals surface area contributed by atoms with Gasteiger partial charge in [-0.1, -0.05) is 12.2 Å². The Kier molecular flexibility index (Phi) is 6.70. The predicted octanol–water partition coefficient (Wildman–Crippen LogP) is 2.88. The first-order valence-electron chi connectivity index (χ1n) is 4.05. The molecule has 0 aliphatic heterocycles. The fourth-order valence-electron chi connectivity index (χ4n) is 0.800. The van der Waals surface area contributed by atoms with Gasteiger partial charge in [-0.3, -0.25) is 4.79 Å². The van der Waals surface area contributed by atoms with Crippen molar-refractivity contribution in [2.75, 3.05) is 0 Å². The molecule has 11 heavy (non-hydrogen) atoms. The standard InChI is InChI=1S/C10H16O/c1-3-4-5-6-7-8-9-10(2)11/h3,8-9H,1,4-7H2,2H3/b9-8+. The van der Waals surface area contributed by atoms with Gasteiger partial charge in [0, 0.05) is 0 Å². The third-order valence-corrected chi connectivity index (χ3v) is 1.38. The molecule has 0 saturated heterocycles. The van der Waals surface area contributed by atoms with Gasteiger partial charge >= 0.3 is 0 Å². The minimum atomic E-state index is 0.133. The second kappa shape index (κ2) is 7.26. The second-order valence-corrected chi connectivity index (χ2v) is 2.59. The van der Waals surface area contributed by atoms with Gasteiger partial charge in [-0.15, -0.1) is 6.58 Å². The van der Waals surface area contributed by atoms with E-state index in [-0.39, 0.29) is 5.78 Å². The summed E-state index contributed by atoms with van der Waals surface area (Å²) in [6, 6.07) is 0. The van der Waals surface area contributed by atoms with Gasteiger partial charge in [-0.25, -0.2) is 0 Å². The van der Waals surface area contributed by atoms with E-state index in [9.17, 15) is 4.79 Å². The average molecular weight is 152 g/mol. The highest BCUT2D eigenvalue weighted by atomic mass is 16.1. The maximum Gasteiger partial charge on any atom is 0.152 e. The Morgan fingerprint density at radius 2 is 2.00 bits per heavy atom. The molecule has 0 aromatic rings. The third kappa shape index (κ3) is 9.15. The molecule has 0 aromatic heterocycles. The number of carbonyl (C=O) groups is 1. The molecule has 0 N–H and O–H groups in total. The highest BCUT2D eigenvalue weighted by Crippen LogP contribution is 2.00. The molecule has 0 amide bonds. The summed E-state index contributed by atoms with van der Waals surface area (Å²) in [6.45, 7) is 5.20. The van der Waals surface area contributed by atoms with Gasteiger partial charge in [0.05, 0.1) is 0 Å². The molecule has 0 unspecified atom stereocenters. The Morgan fingerprint density at radius 3 is 2.55 bits per heavy atom. The van der Waals surface area contributed by atoms with Crippen LogP contribution in [0.15, 0.2) is 24.8 Å². The molecule has 1 heteroatoms.